The van der Waals surface area contributed by atoms with Crippen molar-refractivity contribution in [1.29, 1.82) is 0 Å². The summed E-state index contributed by atoms with van der Waals surface area (Å²) in [5.74, 6) is 0.516. The average Bonchev–Trinajstić information content (AvgIpc) is 3.49. The fourth-order valence-corrected chi connectivity index (χ4v) is 7.94. The van der Waals surface area contributed by atoms with E-state index in [9.17, 15) is 12.8 Å². The summed E-state index contributed by atoms with van der Waals surface area (Å²) >= 11 is 0. The first kappa shape index (κ1) is 22.4. The monoisotopic (exact) mass is 459 g/mol. The van der Waals surface area contributed by atoms with Crippen LogP contribution in [0.2, 0.25) is 0 Å². The zero-order valence-electron chi connectivity index (χ0n) is 18.5. The van der Waals surface area contributed by atoms with Gasteiger partial charge in [0.2, 0.25) is 10.0 Å². The van der Waals surface area contributed by atoms with Gasteiger partial charge >= 0.3 is 0 Å². The summed E-state index contributed by atoms with van der Waals surface area (Å²) in [6.07, 6.45) is 5.06. The van der Waals surface area contributed by atoms with Crippen LogP contribution in [0, 0.1) is 5.92 Å². The van der Waals surface area contributed by atoms with Crippen molar-refractivity contribution in [3.05, 3.63) is 0 Å². The minimum atomic E-state index is -3.43. The Balaban J connectivity index is 1.18. The van der Waals surface area contributed by atoms with Gasteiger partial charge in [-0.05, 0) is 44.6 Å². The van der Waals surface area contributed by atoms with Gasteiger partial charge in [0.25, 0.3) is 0 Å². The van der Waals surface area contributed by atoms with E-state index in [4.69, 9.17) is 0 Å². The molecule has 4 aliphatic heterocycles. The van der Waals surface area contributed by atoms with Crippen molar-refractivity contribution in [3.8, 4) is 0 Å². The van der Waals surface area contributed by atoms with Gasteiger partial charge in [0, 0.05) is 57.9 Å². The highest BCUT2D eigenvalue weighted by Crippen LogP contribution is 2.31. The number of alkyl halides is 1. The Labute approximate surface area is 185 Å². The van der Waals surface area contributed by atoms with E-state index in [-0.39, 0.29) is 18.2 Å². The second-order valence-electron chi connectivity index (χ2n) is 10.1. The zero-order chi connectivity index (χ0) is 21.6. The molecule has 31 heavy (non-hydrogen) atoms. The van der Waals surface area contributed by atoms with Crippen molar-refractivity contribution in [3.63, 3.8) is 0 Å². The molecule has 4 heterocycles. The quantitative estimate of drug-likeness (QED) is 0.425. The lowest BCUT2D eigenvalue weighted by atomic mass is 9.82. The fourth-order valence-electron chi connectivity index (χ4n) is 6.41. The summed E-state index contributed by atoms with van der Waals surface area (Å²) < 4.78 is 43.2. The second-order valence-corrected chi connectivity index (χ2v) is 12.1. The van der Waals surface area contributed by atoms with Crippen LogP contribution in [0.15, 0.2) is 0 Å². The number of likely N-dealkylation sites (N-methyl/N-ethyl adjacent to an activating group) is 1. The molecule has 0 spiro atoms. The van der Waals surface area contributed by atoms with Gasteiger partial charge in [-0.25, -0.2) is 27.5 Å². The van der Waals surface area contributed by atoms with Crippen LogP contribution in [-0.2, 0) is 10.0 Å². The number of nitrogens with zero attached hydrogens (tertiary/aromatic N) is 3. The molecule has 5 aliphatic rings. The minimum absolute atomic E-state index is 0.0289. The second kappa shape index (κ2) is 9.09. The maximum Gasteiger partial charge on any atom is 0.217 e. The largest absolute Gasteiger partial charge is 0.301 e. The van der Waals surface area contributed by atoms with Crippen LogP contribution in [0.25, 0.3) is 0 Å². The molecular weight excluding hydrogens is 421 g/mol. The Hall–Kier alpha value is -0.400. The average molecular weight is 460 g/mol. The molecule has 1 saturated carbocycles. The molecule has 6 unspecified atom stereocenters. The van der Waals surface area contributed by atoms with Gasteiger partial charge in [0.1, 0.15) is 11.4 Å². The Bertz CT molecular complexity index is 741. The van der Waals surface area contributed by atoms with Gasteiger partial charge in [-0.15, -0.1) is 0 Å². The molecule has 4 N–H and O–H groups in total. The summed E-state index contributed by atoms with van der Waals surface area (Å²) in [7, 11) is -1.41. The van der Waals surface area contributed by atoms with Crippen molar-refractivity contribution in [2.24, 2.45) is 5.92 Å². The summed E-state index contributed by atoms with van der Waals surface area (Å²) in [5.41, 5.74) is 6.70. The molecule has 9 nitrogen and oxygen atoms in total. The smallest absolute Gasteiger partial charge is 0.217 e. The molecular formula is C20H38FN7O2S. The van der Waals surface area contributed by atoms with E-state index in [0.29, 0.717) is 38.0 Å². The molecule has 7 atom stereocenters. The first-order valence-corrected chi connectivity index (χ1v) is 13.5. The van der Waals surface area contributed by atoms with E-state index >= 15 is 0 Å². The molecule has 0 aromatic carbocycles. The third kappa shape index (κ3) is 4.65. The summed E-state index contributed by atoms with van der Waals surface area (Å²) in [6, 6.07) is 0.570. The highest BCUT2D eigenvalue weighted by molar-refractivity contribution is 7.90. The molecule has 0 aromatic heterocycles. The Morgan fingerprint density at radius 1 is 1.06 bits per heavy atom. The van der Waals surface area contributed by atoms with E-state index < -0.39 is 21.4 Å². The number of fused-ring (bicyclic) bond motifs is 1. The third-order valence-corrected chi connectivity index (χ3v) is 9.94. The van der Waals surface area contributed by atoms with E-state index in [2.05, 4.69) is 35.8 Å². The fraction of sp³-hybridized carbons (Fsp3) is 1.00. The summed E-state index contributed by atoms with van der Waals surface area (Å²) in [4.78, 5) is 2.27. The molecule has 11 heteroatoms. The lowest BCUT2D eigenvalue weighted by Crippen LogP contribution is -2.57. The van der Waals surface area contributed by atoms with Crippen LogP contribution < -0.4 is 20.9 Å². The minimum Gasteiger partial charge on any atom is -0.301 e. The number of rotatable bonds is 5. The number of piperidine rings is 1. The van der Waals surface area contributed by atoms with E-state index in [1.165, 1.54) is 0 Å². The van der Waals surface area contributed by atoms with E-state index in [1.54, 1.807) is 0 Å². The van der Waals surface area contributed by atoms with Crippen LogP contribution in [0.4, 0.5) is 4.39 Å². The lowest BCUT2D eigenvalue weighted by molar-refractivity contribution is 0.0693. The first-order chi connectivity index (χ1) is 14.9. The van der Waals surface area contributed by atoms with Gasteiger partial charge in [0.05, 0.1) is 6.17 Å². The molecule has 0 amide bonds. The molecule has 5 rings (SSSR count). The van der Waals surface area contributed by atoms with Crippen LogP contribution in [0.1, 0.15) is 38.5 Å². The van der Waals surface area contributed by atoms with Crippen LogP contribution in [0.5, 0.6) is 0 Å². The predicted octanol–water partition coefficient (Wildman–Crippen LogP) is -0.796. The molecule has 0 bridgehead atoms. The van der Waals surface area contributed by atoms with Crippen molar-refractivity contribution in [2.45, 2.75) is 74.2 Å². The topological polar surface area (TPSA) is 92.0 Å². The Kier molecular flexibility index (Phi) is 6.57. The highest BCUT2D eigenvalue weighted by Gasteiger charge is 2.44. The maximum absolute atomic E-state index is 13.6. The molecule has 0 radical (unpaired) electrons. The van der Waals surface area contributed by atoms with Crippen LogP contribution >= 0.6 is 0 Å². The number of hydrogen-bond acceptors (Lipinski definition) is 8. The number of sulfonamides is 1. The number of likely N-dealkylation sites (tertiary alicyclic amines) is 1. The number of nitrogens with one attached hydrogen (secondary N) is 4. The van der Waals surface area contributed by atoms with Crippen molar-refractivity contribution in [2.75, 3.05) is 46.3 Å². The summed E-state index contributed by atoms with van der Waals surface area (Å²) in [6.45, 7) is 4.09. The zero-order valence-corrected chi connectivity index (χ0v) is 19.3. The Morgan fingerprint density at radius 2 is 1.94 bits per heavy atom. The van der Waals surface area contributed by atoms with Crippen molar-refractivity contribution >= 4 is 10.0 Å². The van der Waals surface area contributed by atoms with E-state index in [0.717, 1.165) is 51.7 Å². The first-order valence-electron chi connectivity index (χ1n) is 12.0. The van der Waals surface area contributed by atoms with E-state index in [1.807, 2.05) is 7.05 Å². The lowest BCUT2D eigenvalue weighted by Gasteiger charge is -2.39. The normalized spacial score (nSPS) is 43.5. The number of halogens is 1. The molecule has 1 aliphatic carbocycles. The SMILES string of the molecule is CN1NCC2CCCC(NS(=O)(=O)C3CNN(C4CC(N5CC[C@H](F)C5)CCN4)C3)C21. The standard InChI is InChI=1S/C20H38FN7O2S/c1-26-20-14(10-23-26)3-2-4-18(20)25-31(29,30)17-11-24-28(13-17)19-9-16(5-7-22-19)27-8-6-15(21)12-27/h14-20,22-25H,2-13H2,1H3/t14?,15-,16?,17?,18?,19?,20?/m0/s1. The predicted molar refractivity (Wildman–Crippen MR) is 117 cm³/mol. The van der Waals surface area contributed by atoms with Gasteiger partial charge < -0.3 is 5.32 Å². The van der Waals surface area contributed by atoms with Gasteiger partial charge in [-0.1, -0.05) is 6.42 Å². The third-order valence-electron chi connectivity index (χ3n) is 8.12. The number of hydrazine groups is 2. The van der Waals surface area contributed by atoms with Crippen LogP contribution in [-0.4, -0.2) is 105 Å². The van der Waals surface area contributed by atoms with Crippen LogP contribution in [0.3, 0.4) is 0 Å². The maximum atomic E-state index is 13.6. The number of hydrogen-bond donors (Lipinski definition) is 4. The van der Waals surface area contributed by atoms with Crippen molar-refractivity contribution < 1.29 is 12.8 Å². The highest BCUT2D eigenvalue weighted by atomic mass is 32.2. The van der Waals surface area contributed by atoms with Gasteiger partial charge in [-0.2, -0.15) is 0 Å². The van der Waals surface area contributed by atoms with Gasteiger partial charge in [-0.3, -0.25) is 15.8 Å². The molecule has 0 aromatic rings. The van der Waals surface area contributed by atoms with Crippen molar-refractivity contribution in [1.82, 2.24) is 35.8 Å². The molecule has 5 fully saturated rings. The Morgan fingerprint density at radius 3 is 2.74 bits per heavy atom. The summed E-state index contributed by atoms with van der Waals surface area (Å²) in [5, 5.41) is 7.23. The molecule has 4 saturated heterocycles. The van der Waals surface area contributed by atoms with Gasteiger partial charge in [0.15, 0.2) is 0 Å². The molecule has 178 valence electrons.